The summed E-state index contributed by atoms with van der Waals surface area (Å²) in [6, 6.07) is 1.83. The molecule has 11 saturated heterocycles. The molecular formula is C107H210F2N20O6S. The predicted octanol–water partition coefficient (Wildman–Crippen LogP) is 16.3. The number of rotatable bonds is 6. The average molecular weight is 1940 g/mol. The van der Waals surface area contributed by atoms with E-state index in [0.29, 0.717) is 44.4 Å². The van der Waals surface area contributed by atoms with Crippen molar-refractivity contribution in [3.63, 3.8) is 0 Å². The summed E-state index contributed by atoms with van der Waals surface area (Å²) in [7, 11) is 7.41. The van der Waals surface area contributed by atoms with Crippen LogP contribution in [0.3, 0.4) is 0 Å². The molecule has 136 heavy (non-hydrogen) atoms. The van der Waals surface area contributed by atoms with Gasteiger partial charge in [-0.3, -0.25) is 63.4 Å². The van der Waals surface area contributed by atoms with Crippen LogP contribution in [0.25, 0.3) is 9.69 Å². The van der Waals surface area contributed by atoms with E-state index in [0.717, 1.165) is 125 Å². The fourth-order valence-corrected chi connectivity index (χ4v) is 18.2. The fourth-order valence-electron chi connectivity index (χ4n) is 17.6. The van der Waals surface area contributed by atoms with Gasteiger partial charge in [-0.05, 0) is 329 Å². The predicted molar refractivity (Wildman–Crippen MR) is 565 cm³/mol. The summed E-state index contributed by atoms with van der Waals surface area (Å²) in [4.78, 5) is 40.1. The molecular weight excluding hydrogens is 1730 g/mol. The average Bonchev–Trinajstić information content (AvgIpc) is 1.05. The molecule has 13 aliphatic heterocycles. The van der Waals surface area contributed by atoms with Gasteiger partial charge in [-0.15, -0.1) is 0 Å². The summed E-state index contributed by atoms with van der Waals surface area (Å²) in [5.74, 6) is -1.97. The van der Waals surface area contributed by atoms with E-state index in [1.54, 1.807) is 11.1 Å². The number of aliphatic hydroxyl groups excluding tert-OH is 2. The van der Waals surface area contributed by atoms with E-state index in [9.17, 15) is 22.3 Å². The van der Waals surface area contributed by atoms with Crippen LogP contribution in [0.4, 0.5) is 8.78 Å². The molecule has 13 aliphatic rings. The summed E-state index contributed by atoms with van der Waals surface area (Å²) >= 11 is 0. The highest BCUT2D eigenvalue weighted by atomic mass is 32.2. The molecule has 2 aromatic rings. The number of aliphatic hydroxyl groups is 3. The summed E-state index contributed by atoms with van der Waals surface area (Å²) in [5, 5.41) is 36.3. The first-order valence-electron chi connectivity index (χ1n) is 51.2. The lowest BCUT2D eigenvalue weighted by Gasteiger charge is -2.59. The van der Waals surface area contributed by atoms with Crippen molar-refractivity contribution in [2.45, 2.75) is 431 Å². The van der Waals surface area contributed by atoms with Gasteiger partial charge < -0.3 is 34.7 Å². The molecule has 3 N–H and O–H groups in total. The van der Waals surface area contributed by atoms with E-state index < -0.39 is 21.5 Å². The molecule has 0 saturated carbocycles. The second-order valence-corrected chi connectivity index (χ2v) is 57.5. The van der Waals surface area contributed by atoms with Gasteiger partial charge in [0.2, 0.25) is 6.04 Å². The first kappa shape index (κ1) is 125. The molecule has 11 fully saturated rings. The molecule has 2 aromatic heterocycles. The molecule has 0 aliphatic carbocycles. The molecule has 29 heteroatoms. The van der Waals surface area contributed by atoms with E-state index in [1.807, 2.05) is 46.3 Å². The Labute approximate surface area is 833 Å². The Kier molecular flexibility index (Phi) is 43.4. The monoisotopic (exact) mass is 1940 g/mol. The van der Waals surface area contributed by atoms with Crippen LogP contribution < -0.4 is 0 Å². The minimum atomic E-state index is -3.25. The van der Waals surface area contributed by atoms with Crippen LogP contribution >= 0.6 is 0 Å². The summed E-state index contributed by atoms with van der Waals surface area (Å²) in [5.41, 5.74) is 7.96. The highest BCUT2D eigenvalue weighted by Crippen LogP contribution is 2.43. The largest absolute Gasteiger partial charge is 0.396 e. The Morgan fingerprint density at radius 2 is 0.787 bits per heavy atom. The number of nitrogens with zero attached hydrogens (tertiary/aromatic N) is 20. The molecule has 2 unspecified atom stereocenters. The van der Waals surface area contributed by atoms with Crippen molar-refractivity contribution in [1.29, 1.82) is 0 Å². The third kappa shape index (κ3) is 39.5. The Bertz CT molecular complexity index is 3980. The maximum absolute atomic E-state index is 12.3. The second kappa shape index (κ2) is 47.3. The Hall–Kier alpha value is -3.51. The molecule has 0 bridgehead atoms. The zero-order valence-electron chi connectivity index (χ0n) is 96.1. The van der Waals surface area contributed by atoms with Gasteiger partial charge in [0.05, 0.1) is 75.9 Å². The normalized spacial score (nSPS) is 23.4. The molecule has 0 amide bonds. The maximum atomic E-state index is 12.3. The highest BCUT2D eigenvalue weighted by Gasteiger charge is 2.53. The highest BCUT2D eigenvalue weighted by molar-refractivity contribution is 7.89. The molecule has 26 nitrogen and oxygen atoms in total. The van der Waals surface area contributed by atoms with Crippen molar-refractivity contribution in [2.24, 2.45) is 29.2 Å². The number of likely N-dealkylation sites (tertiary alicyclic amines) is 10. The summed E-state index contributed by atoms with van der Waals surface area (Å²) < 4.78 is 55.4. The van der Waals surface area contributed by atoms with Crippen LogP contribution in [0.5, 0.6) is 0 Å². The number of hydrogen-bond donors (Lipinski definition) is 3. The topological polar surface area (TPSA) is 194 Å². The van der Waals surface area contributed by atoms with Crippen molar-refractivity contribution < 1.29 is 37.3 Å². The van der Waals surface area contributed by atoms with Gasteiger partial charge in [0.15, 0.2) is 0 Å². The standard InChI is InChI=1S/C10H17N3O2S.C10H17N3.C10H22N2.C10H21NO.C9H20N2.C9H16N2.C9H19NO2.C9H17NO.C9H19N.C8H14N2.C7H13F2N.C7H15N/c1-10(2,3)12-5-8-6-13(16(4,14)15)11-9(8)7-12;1-10(2,3)13-6-8-5-12(4)11-9(8)7-13;1-10(2,3)12-7-6-9(8-12)11(4)5;1-9(2,3)11-6-8(7-11)10(4,5)12;1-9(2,3)11-6-8(7-11)10(4)5;1-9(2,3)11-7-5-6-8(11)10-4;1-8(2,3)10-4-9(5-10,6-11)7-12;1-8(2,3)10-4-9(5-10)6-11-7-9;1-8(2,3)10-6-9(4,5)7-10;1-8(2,3)10-5-7(6-10)9-4;1-6(2,3)10-4-7(8,9)5-10;1-7(2,3)8-5-4-6-8/h6H,5,7H2,1-4H3;5H,6-7H2,1-4H3;9H,6-8H2,1-5H3;8,12H,6-7H2,1-5H3;8H,6-7H2,1-5H3;8H,5-7H2,1-3H3;11-12H,4-7H2,1-3H3;4-7H2,1-3H3;6-7H2,1-5H3;7H,5-6H2,1-3H3;4-5H2,1-3H3;4-6H2,1-3H3. The zero-order chi connectivity index (χ0) is 105. The Balaban J connectivity index is 0.000000311. The molecule has 0 aromatic carbocycles. The molecule has 15 heterocycles. The molecule has 15 rings (SSSR count). The number of hydrogen-bond acceptors (Lipinski definition) is 22. The lowest BCUT2D eigenvalue weighted by molar-refractivity contribution is -0.207. The van der Waals surface area contributed by atoms with Crippen LogP contribution in [0.1, 0.15) is 325 Å². The third-order valence-electron chi connectivity index (χ3n) is 29.2. The van der Waals surface area contributed by atoms with Crippen LogP contribution in [-0.2, 0) is 48.0 Å². The SMILES string of the molecule is CC(C)(C)N1CC(CO)(CO)C1.CC(C)(C)N1CC(F)(F)C1.CC(C)(C)N1CC2(COC2)C1.CC(C)(C)N1CCC1.CC(C)(C)N1Cc2cn(S(C)(=O)=O)nc2C1.CC(C)(O)C1CN(C(C)(C)C)C1.CC1(C)CN(C(C)(C)C)C1.CN(C)C1CCN(C(C)(C)C)C1.CN(C)C1CN(C(C)(C)C)C1.Cn1cc2c(n1)CN(C(C)(C)C)C2.[C-]#[N+]C1CCCN1C(C)(C)C.[C-]#[N+]C1CN(C(C)(C)C)C1. The third-order valence-corrected chi connectivity index (χ3v) is 30.1. The van der Waals surface area contributed by atoms with Gasteiger partial charge in [-0.25, -0.2) is 35.2 Å². The van der Waals surface area contributed by atoms with Gasteiger partial charge >= 0.3 is 0 Å². The molecule has 0 radical (unpaired) electrons. The van der Waals surface area contributed by atoms with Crippen molar-refractivity contribution in [3.8, 4) is 0 Å². The van der Waals surface area contributed by atoms with Crippen molar-refractivity contribution in [3.05, 3.63) is 57.7 Å². The van der Waals surface area contributed by atoms with Crippen molar-refractivity contribution in [2.75, 3.05) is 185 Å². The Morgan fingerprint density at radius 3 is 1.04 bits per heavy atom. The van der Waals surface area contributed by atoms with E-state index in [-0.39, 0.29) is 82.7 Å². The first-order valence-corrected chi connectivity index (χ1v) is 53.1. The smallest absolute Gasteiger partial charge is 0.280 e. The number of likely N-dealkylation sites (N-methyl/N-ethyl adjacent to an activating group) is 2. The minimum absolute atomic E-state index is 0.0729. The van der Waals surface area contributed by atoms with Crippen LogP contribution in [0, 0.1) is 35.3 Å². The van der Waals surface area contributed by atoms with E-state index in [4.69, 9.17) is 28.1 Å². The number of aromatic nitrogens is 4. The quantitative estimate of drug-likeness (QED) is 0.231. The maximum Gasteiger partial charge on any atom is 0.280 e. The summed E-state index contributed by atoms with van der Waals surface area (Å²) in [6.45, 7) is 126. The second-order valence-electron chi connectivity index (χ2n) is 55.6. The zero-order valence-corrected chi connectivity index (χ0v) is 97.0. The lowest BCUT2D eigenvalue weighted by atomic mass is 9.75. The number of ether oxygens (including phenoxy) is 1. The first-order chi connectivity index (χ1) is 60.9. The number of alkyl halides is 2. The summed E-state index contributed by atoms with van der Waals surface area (Å²) in [6.07, 6.45) is 10.0. The molecule has 1 spiro atoms. The Morgan fingerprint density at radius 1 is 0.426 bits per heavy atom. The van der Waals surface area contributed by atoms with Gasteiger partial charge in [0, 0.05) is 244 Å². The van der Waals surface area contributed by atoms with Crippen LogP contribution in [0.15, 0.2) is 12.4 Å². The van der Waals surface area contributed by atoms with Gasteiger partial charge in [-0.1, -0.05) is 13.8 Å². The fraction of sp³-hybridized carbons (Fsp3) is 0.925. The molecule has 2 atom stereocenters. The molecule has 794 valence electrons. The van der Waals surface area contributed by atoms with Crippen LogP contribution in [0.2, 0.25) is 0 Å². The van der Waals surface area contributed by atoms with Crippen molar-refractivity contribution >= 4 is 10.0 Å². The minimum Gasteiger partial charge on any atom is -0.396 e. The van der Waals surface area contributed by atoms with E-state index in [1.165, 1.54) is 96.0 Å². The van der Waals surface area contributed by atoms with Gasteiger partial charge in [0.1, 0.15) is 0 Å². The van der Waals surface area contributed by atoms with Gasteiger partial charge in [-0.2, -0.15) is 14.3 Å². The number of aryl methyl sites for hydroxylation is 1. The van der Waals surface area contributed by atoms with Crippen LogP contribution in [-0.4, -0.2) is 399 Å². The van der Waals surface area contributed by atoms with Gasteiger partial charge in [0.25, 0.3) is 22.1 Å². The lowest BCUT2D eigenvalue weighted by Crippen LogP contribution is -2.69. The van der Waals surface area contributed by atoms with E-state index >= 15 is 0 Å². The number of fused-ring (bicyclic) bond motifs is 2. The number of halogens is 2. The van der Waals surface area contributed by atoms with Crippen molar-refractivity contribution in [1.82, 2.24) is 87.6 Å². The van der Waals surface area contributed by atoms with E-state index in [2.05, 4.69) is 360 Å².